The van der Waals surface area contributed by atoms with Crippen LogP contribution in [0.25, 0.3) is 0 Å². The molecule has 2 nitrogen and oxygen atoms in total. The summed E-state index contributed by atoms with van der Waals surface area (Å²) in [7, 11) is 0. The summed E-state index contributed by atoms with van der Waals surface area (Å²) < 4.78 is 0. The van der Waals surface area contributed by atoms with Gasteiger partial charge in [-0.2, -0.15) is 0 Å². The molecular weight excluding hydrogens is 198 g/mol. The number of nitrogens with one attached hydrogen (secondary N) is 1. The Hall–Kier alpha value is -0.0800. The van der Waals surface area contributed by atoms with Crippen LogP contribution in [0.2, 0.25) is 0 Å². The van der Waals surface area contributed by atoms with Crippen molar-refractivity contribution in [3.63, 3.8) is 0 Å². The quantitative estimate of drug-likeness (QED) is 0.757. The Morgan fingerprint density at radius 3 is 2.44 bits per heavy atom. The molecule has 3 atom stereocenters. The van der Waals surface area contributed by atoms with E-state index in [9.17, 15) is 5.11 Å². The fourth-order valence-corrected chi connectivity index (χ4v) is 2.54. The second kappa shape index (κ2) is 6.61. The summed E-state index contributed by atoms with van der Waals surface area (Å²) >= 11 is 0. The van der Waals surface area contributed by atoms with E-state index in [0.717, 1.165) is 18.4 Å². The molecule has 0 aromatic carbocycles. The van der Waals surface area contributed by atoms with E-state index < -0.39 is 0 Å². The minimum atomic E-state index is -0.195. The molecule has 0 radical (unpaired) electrons. The summed E-state index contributed by atoms with van der Waals surface area (Å²) in [6, 6.07) is 0.634. The van der Waals surface area contributed by atoms with Gasteiger partial charge < -0.3 is 10.4 Å². The van der Waals surface area contributed by atoms with Crippen molar-refractivity contribution >= 4 is 0 Å². The molecule has 0 amide bonds. The van der Waals surface area contributed by atoms with Gasteiger partial charge >= 0.3 is 0 Å². The zero-order chi connectivity index (χ0) is 12.1. The van der Waals surface area contributed by atoms with E-state index in [1.165, 1.54) is 25.7 Å². The first-order valence-electron chi connectivity index (χ1n) is 6.92. The Bertz CT molecular complexity index is 191. The van der Waals surface area contributed by atoms with E-state index in [0.29, 0.717) is 12.0 Å². The fourth-order valence-electron chi connectivity index (χ4n) is 2.54. The van der Waals surface area contributed by atoms with E-state index >= 15 is 0 Å². The second-order valence-corrected chi connectivity index (χ2v) is 6.09. The maximum absolute atomic E-state index is 9.77. The van der Waals surface area contributed by atoms with Gasteiger partial charge in [-0.05, 0) is 30.6 Å². The average Bonchev–Trinajstić information content (AvgIpc) is 2.26. The minimum absolute atomic E-state index is 0.195. The van der Waals surface area contributed by atoms with E-state index in [1.54, 1.807) is 0 Å². The van der Waals surface area contributed by atoms with Crippen LogP contribution >= 0.6 is 0 Å². The molecule has 2 N–H and O–H groups in total. The van der Waals surface area contributed by atoms with Crippen LogP contribution in [0.3, 0.4) is 0 Å². The van der Waals surface area contributed by atoms with Gasteiger partial charge in [0.2, 0.25) is 0 Å². The lowest BCUT2D eigenvalue weighted by Gasteiger charge is -2.33. The lowest BCUT2D eigenvalue weighted by atomic mass is 9.79. The van der Waals surface area contributed by atoms with Crippen molar-refractivity contribution in [1.82, 2.24) is 5.32 Å². The maximum Gasteiger partial charge on any atom is 0.0687 e. The van der Waals surface area contributed by atoms with Crippen LogP contribution in [0.15, 0.2) is 0 Å². The standard InChI is InChI=1S/C14H29NO/c1-10(2)12-6-5-7-13(8-12)15-9-14(16)11(3)4/h10-16H,5-9H2,1-4H3. The highest BCUT2D eigenvalue weighted by molar-refractivity contribution is 4.80. The van der Waals surface area contributed by atoms with Crippen molar-refractivity contribution in [2.24, 2.45) is 17.8 Å². The third-order valence-electron chi connectivity index (χ3n) is 4.04. The molecule has 1 aliphatic rings. The predicted molar refractivity (Wildman–Crippen MR) is 69.4 cm³/mol. The second-order valence-electron chi connectivity index (χ2n) is 6.09. The lowest BCUT2D eigenvalue weighted by Crippen LogP contribution is -2.40. The summed E-state index contributed by atoms with van der Waals surface area (Å²) in [6.45, 7) is 9.56. The highest BCUT2D eigenvalue weighted by Crippen LogP contribution is 2.29. The summed E-state index contributed by atoms with van der Waals surface area (Å²) in [4.78, 5) is 0. The smallest absolute Gasteiger partial charge is 0.0687 e. The van der Waals surface area contributed by atoms with Gasteiger partial charge in [0.05, 0.1) is 6.10 Å². The topological polar surface area (TPSA) is 32.3 Å². The van der Waals surface area contributed by atoms with E-state index in [4.69, 9.17) is 0 Å². The summed E-state index contributed by atoms with van der Waals surface area (Å²) in [5.74, 6) is 2.04. The number of hydrogen-bond acceptors (Lipinski definition) is 2. The first kappa shape index (κ1) is 14.0. The average molecular weight is 227 g/mol. The number of hydrogen-bond donors (Lipinski definition) is 2. The molecule has 1 saturated carbocycles. The van der Waals surface area contributed by atoms with Crippen molar-refractivity contribution in [3.8, 4) is 0 Å². The molecule has 1 rings (SSSR count). The van der Waals surface area contributed by atoms with Crippen LogP contribution in [0.1, 0.15) is 53.4 Å². The summed E-state index contributed by atoms with van der Waals surface area (Å²) in [5, 5.41) is 13.3. The van der Waals surface area contributed by atoms with Gasteiger partial charge in [0.15, 0.2) is 0 Å². The van der Waals surface area contributed by atoms with Gasteiger partial charge in [0.25, 0.3) is 0 Å². The van der Waals surface area contributed by atoms with Gasteiger partial charge in [0.1, 0.15) is 0 Å². The van der Waals surface area contributed by atoms with Gasteiger partial charge in [-0.15, -0.1) is 0 Å². The predicted octanol–water partition coefficient (Wildman–Crippen LogP) is 2.81. The molecule has 0 bridgehead atoms. The fraction of sp³-hybridized carbons (Fsp3) is 1.00. The normalized spacial score (nSPS) is 28.7. The Morgan fingerprint density at radius 1 is 1.19 bits per heavy atom. The molecule has 0 aromatic heterocycles. The molecule has 0 heterocycles. The monoisotopic (exact) mass is 227 g/mol. The van der Waals surface area contributed by atoms with Crippen LogP contribution in [0, 0.1) is 17.8 Å². The molecule has 16 heavy (non-hydrogen) atoms. The number of aliphatic hydroxyl groups excluding tert-OH is 1. The van der Waals surface area contributed by atoms with Crippen LogP contribution in [0.4, 0.5) is 0 Å². The van der Waals surface area contributed by atoms with Crippen molar-refractivity contribution < 1.29 is 5.11 Å². The molecule has 1 aliphatic carbocycles. The van der Waals surface area contributed by atoms with Crippen molar-refractivity contribution in [3.05, 3.63) is 0 Å². The molecule has 0 saturated heterocycles. The molecule has 0 aromatic rings. The third-order valence-corrected chi connectivity index (χ3v) is 4.04. The zero-order valence-electron chi connectivity index (χ0n) is 11.4. The van der Waals surface area contributed by atoms with Crippen LogP contribution in [-0.2, 0) is 0 Å². The Labute approximate surface area is 101 Å². The van der Waals surface area contributed by atoms with Crippen molar-refractivity contribution in [1.29, 1.82) is 0 Å². The van der Waals surface area contributed by atoms with Crippen molar-refractivity contribution in [2.45, 2.75) is 65.5 Å². The first-order chi connectivity index (χ1) is 7.50. The number of aliphatic hydroxyl groups is 1. The van der Waals surface area contributed by atoms with E-state index in [1.807, 2.05) is 0 Å². The minimum Gasteiger partial charge on any atom is -0.392 e. The molecule has 0 spiro atoms. The molecule has 2 heteroatoms. The summed E-state index contributed by atoms with van der Waals surface area (Å²) in [5.41, 5.74) is 0. The highest BCUT2D eigenvalue weighted by atomic mass is 16.3. The van der Waals surface area contributed by atoms with E-state index in [2.05, 4.69) is 33.0 Å². The van der Waals surface area contributed by atoms with Gasteiger partial charge in [-0.1, -0.05) is 40.5 Å². The summed E-state index contributed by atoms with van der Waals surface area (Å²) in [6.07, 6.45) is 5.12. The molecule has 1 fully saturated rings. The van der Waals surface area contributed by atoms with Crippen molar-refractivity contribution in [2.75, 3.05) is 6.54 Å². The van der Waals surface area contributed by atoms with Crippen LogP contribution in [-0.4, -0.2) is 23.8 Å². The Balaban J connectivity index is 2.26. The molecule has 0 aliphatic heterocycles. The van der Waals surface area contributed by atoms with E-state index in [-0.39, 0.29) is 6.10 Å². The van der Waals surface area contributed by atoms with Gasteiger partial charge in [-0.3, -0.25) is 0 Å². The Morgan fingerprint density at radius 2 is 1.88 bits per heavy atom. The maximum atomic E-state index is 9.77. The Kier molecular flexibility index (Phi) is 5.77. The van der Waals surface area contributed by atoms with Gasteiger partial charge in [-0.25, -0.2) is 0 Å². The molecule has 3 unspecified atom stereocenters. The van der Waals surface area contributed by atoms with Crippen LogP contribution in [0.5, 0.6) is 0 Å². The zero-order valence-corrected chi connectivity index (χ0v) is 11.4. The third kappa shape index (κ3) is 4.42. The molecular formula is C14H29NO. The van der Waals surface area contributed by atoms with Crippen LogP contribution < -0.4 is 5.32 Å². The lowest BCUT2D eigenvalue weighted by molar-refractivity contribution is 0.113. The SMILES string of the molecule is CC(C)C(O)CNC1CCCC(C(C)C)C1. The van der Waals surface area contributed by atoms with Gasteiger partial charge in [0, 0.05) is 12.6 Å². The largest absolute Gasteiger partial charge is 0.392 e. The molecule has 96 valence electrons. The first-order valence-corrected chi connectivity index (χ1v) is 6.92. The number of rotatable bonds is 5. The highest BCUT2D eigenvalue weighted by Gasteiger charge is 2.24.